The number of amides is 1. The van der Waals surface area contributed by atoms with E-state index >= 15 is 0 Å². The van der Waals surface area contributed by atoms with E-state index in [1.807, 2.05) is 11.5 Å². The second-order valence-electron chi connectivity index (χ2n) is 4.03. The number of methoxy groups -OCH3 is 1. The number of carbonyl (C=O) groups excluding carboxylic acids is 1. The summed E-state index contributed by atoms with van der Waals surface area (Å²) in [7, 11) is 1.67. The molecule has 0 saturated heterocycles. The molecule has 0 atom stereocenters. The number of hydrogen-bond donors (Lipinski definition) is 2. The van der Waals surface area contributed by atoms with Crippen LogP contribution in [0.25, 0.3) is 0 Å². The third kappa shape index (κ3) is 5.29. The molecule has 0 aliphatic rings. The second-order valence-corrected chi connectivity index (χ2v) is 4.03. The van der Waals surface area contributed by atoms with Crippen molar-refractivity contribution >= 4 is 5.91 Å². The number of nitrogens with zero attached hydrogens (tertiary/aromatic N) is 2. The van der Waals surface area contributed by atoms with Crippen LogP contribution in [-0.4, -0.2) is 42.3 Å². The molecule has 6 nitrogen and oxygen atoms in total. The summed E-state index contributed by atoms with van der Waals surface area (Å²) in [5, 5.41) is 6.07. The molecule has 1 amide bonds. The van der Waals surface area contributed by atoms with E-state index < -0.39 is 0 Å². The first-order valence-electron chi connectivity index (χ1n) is 6.23. The Hall–Kier alpha value is -1.40. The first-order chi connectivity index (χ1) is 8.77. The van der Waals surface area contributed by atoms with Crippen molar-refractivity contribution < 1.29 is 9.53 Å². The molecule has 0 fully saturated rings. The highest BCUT2D eigenvalue weighted by atomic mass is 16.5. The van der Waals surface area contributed by atoms with Gasteiger partial charge < -0.3 is 19.9 Å². The minimum absolute atomic E-state index is 0.0213. The van der Waals surface area contributed by atoms with Crippen molar-refractivity contribution in [1.29, 1.82) is 0 Å². The number of ether oxygens (including phenoxy) is 1. The molecule has 0 saturated carbocycles. The molecule has 0 spiro atoms. The summed E-state index contributed by atoms with van der Waals surface area (Å²) in [6, 6.07) is 0. The Morgan fingerprint density at radius 1 is 1.50 bits per heavy atom. The highest BCUT2D eigenvalue weighted by Crippen LogP contribution is 1.98. The van der Waals surface area contributed by atoms with E-state index in [0.29, 0.717) is 19.7 Å². The topological polar surface area (TPSA) is 68.2 Å². The maximum Gasteiger partial charge on any atom is 0.239 e. The van der Waals surface area contributed by atoms with E-state index in [2.05, 4.69) is 15.6 Å². The van der Waals surface area contributed by atoms with Crippen LogP contribution >= 0.6 is 0 Å². The Bertz CT molecular complexity index is 352. The van der Waals surface area contributed by atoms with Crippen molar-refractivity contribution in [3.63, 3.8) is 0 Å². The van der Waals surface area contributed by atoms with Gasteiger partial charge in [0.25, 0.3) is 0 Å². The predicted molar refractivity (Wildman–Crippen MR) is 69.1 cm³/mol. The number of nitrogens with one attached hydrogen (secondary N) is 2. The van der Waals surface area contributed by atoms with E-state index in [0.717, 1.165) is 25.2 Å². The van der Waals surface area contributed by atoms with Crippen molar-refractivity contribution in [3.05, 3.63) is 18.2 Å². The van der Waals surface area contributed by atoms with Gasteiger partial charge in [-0.05, 0) is 6.42 Å². The lowest BCUT2D eigenvalue weighted by Gasteiger charge is -2.09. The SMILES string of the molecule is CCCNC(=O)Cn1cncc1CNCCOC. The van der Waals surface area contributed by atoms with E-state index in [4.69, 9.17) is 4.74 Å². The summed E-state index contributed by atoms with van der Waals surface area (Å²) in [5.41, 5.74) is 0.998. The smallest absolute Gasteiger partial charge is 0.239 e. The van der Waals surface area contributed by atoms with E-state index in [1.54, 1.807) is 19.6 Å². The van der Waals surface area contributed by atoms with Gasteiger partial charge in [-0.15, -0.1) is 0 Å². The third-order valence-electron chi connectivity index (χ3n) is 2.47. The van der Waals surface area contributed by atoms with Crippen molar-refractivity contribution in [2.75, 3.05) is 26.8 Å². The lowest BCUT2D eigenvalue weighted by atomic mass is 10.4. The van der Waals surface area contributed by atoms with Gasteiger partial charge in [-0.2, -0.15) is 0 Å². The summed E-state index contributed by atoms with van der Waals surface area (Å²) < 4.78 is 6.80. The number of imidazole rings is 1. The van der Waals surface area contributed by atoms with Crippen molar-refractivity contribution in [2.45, 2.75) is 26.4 Å². The molecule has 0 aliphatic carbocycles. The van der Waals surface area contributed by atoms with Crippen molar-refractivity contribution in [1.82, 2.24) is 20.2 Å². The van der Waals surface area contributed by atoms with E-state index in [-0.39, 0.29) is 5.91 Å². The standard InChI is InChI=1S/C12H22N4O2/c1-3-4-15-12(17)9-16-10-14-8-11(16)7-13-5-6-18-2/h8,10,13H,3-7,9H2,1-2H3,(H,15,17). The highest BCUT2D eigenvalue weighted by molar-refractivity contribution is 5.75. The molecular formula is C12H22N4O2. The van der Waals surface area contributed by atoms with Gasteiger partial charge in [0.15, 0.2) is 0 Å². The summed E-state index contributed by atoms with van der Waals surface area (Å²) in [6.45, 7) is 5.21. The number of carbonyl (C=O) groups is 1. The van der Waals surface area contributed by atoms with E-state index in [9.17, 15) is 4.79 Å². The molecular weight excluding hydrogens is 232 g/mol. The normalized spacial score (nSPS) is 10.6. The molecule has 102 valence electrons. The number of aromatic nitrogens is 2. The number of rotatable bonds is 9. The average Bonchev–Trinajstić information content (AvgIpc) is 2.79. The van der Waals surface area contributed by atoms with Crippen molar-refractivity contribution in [2.24, 2.45) is 0 Å². The molecule has 1 aromatic rings. The summed E-state index contributed by atoms with van der Waals surface area (Å²) in [4.78, 5) is 15.7. The van der Waals surface area contributed by atoms with Crippen LogP contribution in [0, 0.1) is 0 Å². The monoisotopic (exact) mass is 254 g/mol. The summed E-state index contributed by atoms with van der Waals surface area (Å²) in [6.07, 6.45) is 4.40. The van der Waals surface area contributed by atoms with Crippen LogP contribution in [0.5, 0.6) is 0 Å². The van der Waals surface area contributed by atoms with Gasteiger partial charge in [0.2, 0.25) is 5.91 Å². The zero-order chi connectivity index (χ0) is 13.2. The quantitative estimate of drug-likeness (QED) is 0.615. The van der Waals surface area contributed by atoms with Crippen LogP contribution in [0.2, 0.25) is 0 Å². The van der Waals surface area contributed by atoms with Gasteiger partial charge in [-0.25, -0.2) is 4.98 Å². The lowest BCUT2D eigenvalue weighted by molar-refractivity contribution is -0.121. The van der Waals surface area contributed by atoms with Crippen LogP contribution in [0.4, 0.5) is 0 Å². The first kappa shape index (κ1) is 14.7. The largest absolute Gasteiger partial charge is 0.383 e. The van der Waals surface area contributed by atoms with E-state index in [1.165, 1.54) is 0 Å². The molecule has 1 rings (SSSR count). The fourth-order valence-corrected chi connectivity index (χ4v) is 1.50. The molecule has 18 heavy (non-hydrogen) atoms. The van der Waals surface area contributed by atoms with Gasteiger partial charge >= 0.3 is 0 Å². The molecule has 0 bridgehead atoms. The molecule has 6 heteroatoms. The molecule has 0 aliphatic heterocycles. The van der Waals surface area contributed by atoms with Crippen LogP contribution in [0.15, 0.2) is 12.5 Å². The fraction of sp³-hybridized carbons (Fsp3) is 0.667. The van der Waals surface area contributed by atoms with Gasteiger partial charge in [-0.1, -0.05) is 6.92 Å². The zero-order valence-corrected chi connectivity index (χ0v) is 11.1. The maximum atomic E-state index is 11.6. The molecule has 1 heterocycles. The van der Waals surface area contributed by atoms with Crippen LogP contribution in [0.3, 0.4) is 0 Å². The minimum Gasteiger partial charge on any atom is -0.383 e. The minimum atomic E-state index is 0.0213. The maximum absolute atomic E-state index is 11.6. The fourth-order valence-electron chi connectivity index (χ4n) is 1.50. The van der Waals surface area contributed by atoms with Gasteiger partial charge in [-0.3, -0.25) is 4.79 Å². The zero-order valence-electron chi connectivity index (χ0n) is 11.1. The van der Waals surface area contributed by atoms with Gasteiger partial charge in [0.1, 0.15) is 6.54 Å². The second kappa shape index (κ2) is 8.66. The van der Waals surface area contributed by atoms with Gasteiger partial charge in [0, 0.05) is 32.9 Å². The molecule has 1 aromatic heterocycles. The molecule has 0 unspecified atom stereocenters. The van der Waals surface area contributed by atoms with Crippen LogP contribution < -0.4 is 10.6 Å². The third-order valence-corrected chi connectivity index (χ3v) is 2.47. The Morgan fingerprint density at radius 3 is 3.06 bits per heavy atom. The van der Waals surface area contributed by atoms with Crippen molar-refractivity contribution in [3.8, 4) is 0 Å². The molecule has 0 aromatic carbocycles. The van der Waals surface area contributed by atoms with Crippen LogP contribution in [0.1, 0.15) is 19.0 Å². The summed E-state index contributed by atoms with van der Waals surface area (Å²) in [5.74, 6) is 0.0213. The Labute approximate surface area is 108 Å². The Kier molecular flexibility index (Phi) is 7.05. The predicted octanol–water partition coefficient (Wildman–Crippen LogP) is 0.145. The first-order valence-corrected chi connectivity index (χ1v) is 6.23. The van der Waals surface area contributed by atoms with Gasteiger partial charge in [0.05, 0.1) is 18.6 Å². The highest BCUT2D eigenvalue weighted by Gasteiger charge is 2.06. The molecule has 2 N–H and O–H groups in total. The summed E-state index contributed by atoms with van der Waals surface area (Å²) >= 11 is 0. The molecule has 0 radical (unpaired) electrons. The van der Waals surface area contributed by atoms with Crippen LogP contribution in [-0.2, 0) is 22.6 Å². The average molecular weight is 254 g/mol. The number of hydrogen-bond acceptors (Lipinski definition) is 4. The lowest BCUT2D eigenvalue weighted by Crippen LogP contribution is -2.29. The Morgan fingerprint density at radius 2 is 2.33 bits per heavy atom. The Balaban J connectivity index is 2.37.